The number of pyridine rings is 1. The summed E-state index contributed by atoms with van der Waals surface area (Å²) in [7, 11) is 0. The van der Waals surface area contributed by atoms with Crippen molar-refractivity contribution in [2.45, 2.75) is 55.9 Å². The number of carbonyl (C=O) groups excluding carboxylic acids is 5. The Balaban J connectivity index is 0.798. The zero-order valence-electron chi connectivity index (χ0n) is 32.8. The molecular weight excluding hydrogens is 771 g/mol. The van der Waals surface area contributed by atoms with Crippen molar-refractivity contribution in [3.8, 4) is 11.3 Å². The summed E-state index contributed by atoms with van der Waals surface area (Å²) in [4.78, 5) is 76.9. The molecule has 3 aliphatic heterocycles. The van der Waals surface area contributed by atoms with Gasteiger partial charge in [-0.15, -0.1) is 0 Å². The number of unbranched alkanes of at least 4 members (excludes halogenated alkanes) is 3. The third kappa shape index (κ3) is 9.72. The van der Waals surface area contributed by atoms with E-state index < -0.39 is 40.8 Å². The first-order valence-electron chi connectivity index (χ1n) is 19.8. The van der Waals surface area contributed by atoms with Crippen molar-refractivity contribution in [1.29, 1.82) is 5.41 Å². The number of fused-ring (bicyclic) bond motifs is 1. The molecule has 2 fully saturated rings. The van der Waals surface area contributed by atoms with Crippen molar-refractivity contribution < 1.29 is 28.5 Å². The van der Waals surface area contributed by atoms with Crippen LogP contribution in [0.2, 0.25) is 0 Å². The number of amides is 5. The summed E-state index contributed by atoms with van der Waals surface area (Å²) in [5, 5.41) is 16.9. The van der Waals surface area contributed by atoms with Gasteiger partial charge in [-0.2, -0.15) is 4.99 Å². The number of anilines is 3. The number of hydrogen-bond acceptors (Lipinski definition) is 9. The number of piperazine rings is 1. The molecule has 59 heavy (non-hydrogen) atoms. The van der Waals surface area contributed by atoms with E-state index in [1.165, 1.54) is 0 Å². The summed E-state index contributed by atoms with van der Waals surface area (Å²) < 4.78 is 11.7. The predicted molar refractivity (Wildman–Crippen MR) is 225 cm³/mol. The highest BCUT2D eigenvalue weighted by Gasteiger charge is 2.45. The number of imide groups is 2. The van der Waals surface area contributed by atoms with Gasteiger partial charge in [0.15, 0.2) is 4.90 Å². The van der Waals surface area contributed by atoms with Crippen LogP contribution in [0.3, 0.4) is 0 Å². The van der Waals surface area contributed by atoms with E-state index in [4.69, 9.17) is 5.41 Å². The number of hydrogen-bond donors (Lipinski definition) is 5. The summed E-state index contributed by atoms with van der Waals surface area (Å²) >= 11 is -1.05. The van der Waals surface area contributed by atoms with Gasteiger partial charge in [0, 0.05) is 68.3 Å². The lowest BCUT2D eigenvalue weighted by Crippen LogP contribution is -2.54. The molecule has 2 unspecified atom stereocenters. The summed E-state index contributed by atoms with van der Waals surface area (Å²) in [6, 6.07) is 24.9. The maximum absolute atomic E-state index is 13.3. The smallest absolute Gasteiger partial charge is 0.264 e. The van der Waals surface area contributed by atoms with Crippen LogP contribution in [-0.2, 0) is 25.6 Å². The molecule has 1 aromatic heterocycles. The van der Waals surface area contributed by atoms with E-state index in [-0.39, 0.29) is 35.8 Å². The van der Waals surface area contributed by atoms with Gasteiger partial charge in [-0.3, -0.25) is 39.6 Å². The molecule has 4 aromatic rings. The highest BCUT2D eigenvalue weighted by molar-refractivity contribution is 7.90. The number of guanidine groups is 1. The van der Waals surface area contributed by atoms with Gasteiger partial charge in [0.2, 0.25) is 23.7 Å². The Bertz CT molecular complexity index is 2300. The number of H-pyrrole nitrogens is 1. The molecule has 5 N–H and O–H groups in total. The largest absolute Gasteiger partial charge is 0.612 e. The lowest BCUT2D eigenvalue weighted by Gasteiger charge is -2.36. The normalized spacial score (nSPS) is 17.5. The van der Waals surface area contributed by atoms with Gasteiger partial charge in [0.1, 0.15) is 17.8 Å². The van der Waals surface area contributed by atoms with Gasteiger partial charge in [-0.25, -0.2) is 0 Å². The molecule has 4 heterocycles. The average Bonchev–Trinajstić information content (AvgIpc) is 3.49. The zero-order valence-corrected chi connectivity index (χ0v) is 33.6. The molecule has 3 aliphatic rings. The van der Waals surface area contributed by atoms with Gasteiger partial charge < -0.3 is 30.0 Å². The van der Waals surface area contributed by atoms with Crippen LogP contribution >= 0.6 is 0 Å². The second-order valence-corrected chi connectivity index (χ2v) is 16.1. The number of carbonyl (C=O) groups is 5. The van der Waals surface area contributed by atoms with Crippen molar-refractivity contribution in [3.05, 3.63) is 102 Å². The van der Waals surface area contributed by atoms with Gasteiger partial charge in [-0.05, 0) is 109 Å². The maximum Gasteiger partial charge on any atom is 0.264 e. The Morgan fingerprint density at radius 2 is 1.61 bits per heavy atom. The number of nitrogens with one attached hydrogen (secondary N) is 5. The summed E-state index contributed by atoms with van der Waals surface area (Å²) in [6.45, 7) is 3.32. The first-order valence-corrected chi connectivity index (χ1v) is 21.4. The number of aromatic amines is 1. The summed E-state index contributed by atoms with van der Waals surface area (Å²) in [6.07, 6.45) is 5.68. The molecule has 0 radical (unpaired) electrons. The molecule has 2 atom stereocenters. The lowest BCUT2D eigenvalue weighted by atomic mass is 10.0. The third-order valence-electron chi connectivity index (χ3n) is 10.7. The number of piperidine rings is 1. The fourth-order valence-electron chi connectivity index (χ4n) is 7.57. The van der Waals surface area contributed by atoms with E-state index in [0.717, 1.165) is 71.2 Å². The molecule has 5 amide bonds. The predicted octanol–water partition coefficient (Wildman–Crippen LogP) is 4.48. The van der Waals surface area contributed by atoms with Crippen LogP contribution < -0.4 is 26.3 Å². The Kier molecular flexibility index (Phi) is 12.9. The van der Waals surface area contributed by atoms with Gasteiger partial charge in [-0.1, -0.05) is 25.0 Å². The van der Waals surface area contributed by atoms with Crippen LogP contribution in [-0.4, -0.2) is 99.9 Å². The molecule has 0 saturated carbocycles. The first-order chi connectivity index (χ1) is 28.5. The zero-order chi connectivity index (χ0) is 41.5. The topological polar surface area (TPSA) is 206 Å². The molecule has 0 spiro atoms. The number of nitrogens with zero attached hydrogens (tertiary/aromatic N) is 4. The Morgan fingerprint density at radius 1 is 0.881 bits per heavy atom. The molecule has 16 heteroatoms. The second kappa shape index (κ2) is 18.6. The van der Waals surface area contributed by atoms with E-state index in [1.807, 2.05) is 65.6 Å². The van der Waals surface area contributed by atoms with Crippen molar-refractivity contribution in [3.63, 3.8) is 0 Å². The minimum absolute atomic E-state index is 0.0141. The maximum atomic E-state index is 13.3. The van der Waals surface area contributed by atoms with E-state index in [1.54, 1.807) is 30.5 Å². The van der Waals surface area contributed by atoms with Crippen molar-refractivity contribution >= 4 is 63.7 Å². The third-order valence-corrected chi connectivity index (χ3v) is 11.7. The Morgan fingerprint density at radius 3 is 2.34 bits per heavy atom. The molecule has 15 nitrogen and oxygen atoms in total. The fourth-order valence-corrected chi connectivity index (χ4v) is 8.09. The van der Waals surface area contributed by atoms with Gasteiger partial charge in [0.05, 0.1) is 11.1 Å². The Labute approximate surface area is 345 Å². The minimum atomic E-state index is -1.05. The van der Waals surface area contributed by atoms with Crippen LogP contribution in [0.5, 0.6) is 0 Å². The molecule has 3 aromatic carbocycles. The quantitative estimate of drug-likeness (QED) is 0.0424. The van der Waals surface area contributed by atoms with Crippen molar-refractivity contribution in [1.82, 2.24) is 20.1 Å². The molecule has 306 valence electrons. The van der Waals surface area contributed by atoms with Gasteiger partial charge >= 0.3 is 0 Å². The first kappa shape index (κ1) is 40.9. The molecule has 0 aliphatic carbocycles. The molecular formula is C43H47N9O6S. The van der Waals surface area contributed by atoms with E-state index in [9.17, 15) is 28.5 Å². The van der Waals surface area contributed by atoms with Crippen LogP contribution in [0.15, 0.2) is 94.8 Å². The highest BCUT2D eigenvalue weighted by Crippen LogP contribution is 2.32. The van der Waals surface area contributed by atoms with E-state index >= 15 is 0 Å². The fraction of sp³-hybridized carbons (Fsp3) is 0.326. The minimum Gasteiger partial charge on any atom is -0.612 e. The van der Waals surface area contributed by atoms with E-state index in [2.05, 4.69) is 30.8 Å². The van der Waals surface area contributed by atoms with Crippen LogP contribution in [0.25, 0.3) is 11.3 Å². The molecule has 2 saturated heterocycles. The molecule has 0 bridgehead atoms. The summed E-state index contributed by atoms with van der Waals surface area (Å²) in [5.74, 6) is -1.97. The average molecular weight is 818 g/mol. The monoisotopic (exact) mass is 817 g/mol. The summed E-state index contributed by atoms with van der Waals surface area (Å²) in [5.41, 5.74) is 5.09. The number of benzene rings is 3. The van der Waals surface area contributed by atoms with Crippen molar-refractivity contribution in [2.24, 2.45) is 4.99 Å². The van der Waals surface area contributed by atoms with Gasteiger partial charge in [0.25, 0.3) is 11.8 Å². The van der Waals surface area contributed by atoms with Crippen LogP contribution in [0.1, 0.15) is 65.7 Å². The number of rotatable bonds is 13. The van der Waals surface area contributed by atoms with Crippen LogP contribution in [0.4, 0.5) is 17.1 Å². The standard InChI is InChI=1S/C43H47N9O6S/c1-59(58)31-19-13-28(14-20-31)33-9-7-11-36(47-33)48-43(44)46-29-15-17-30(18-16-29)50-24-26-51(27-25-50)38(54)12-4-2-3-5-23-45-34-10-6-8-32-39(34)42(57)52(41(32)56)35-21-22-37(53)49-40(35)55/h6-11,13-20,35,45H,2-5,12,21-27H2,1H3,(H,49,53,55)(H3,44,46,47,48). The van der Waals surface area contributed by atoms with Crippen molar-refractivity contribution in [2.75, 3.05) is 54.5 Å². The Hall–Kier alpha value is -6.26. The van der Waals surface area contributed by atoms with E-state index in [0.29, 0.717) is 37.2 Å². The lowest BCUT2D eigenvalue weighted by molar-refractivity contribution is -0.136. The highest BCUT2D eigenvalue weighted by atomic mass is 32.2. The van der Waals surface area contributed by atoms with Crippen LogP contribution in [0, 0.1) is 5.41 Å². The molecule has 7 rings (SSSR count). The SMILES string of the molecule is C[S+]([O-])c1ccc(-c2ccc/c(=N/C(=N)Nc3ccc(N4CCN(C(=O)CCCCCCNc5cccc6c5C(=O)N(C5CCC(=O)NC5=O)C6=O)CC4)cc3)[nH]2)cc1. The second-order valence-electron chi connectivity index (χ2n) is 14.7. The number of aromatic nitrogens is 1.